The Morgan fingerprint density at radius 1 is 1.37 bits per heavy atom. The summed E-state index contributed by atoms with van der Waals surface area (Å²) in [5, 5.41) is 19.9. The van der Waals surface area contributed by atoms with Crippen molar-refractivity contribution in [1.29, 1.82) is 0 Å². The molecule has 0 aliphatic carbocycles. The normalized spacial score (nSPS) is 15.6. The van der Waals surface area contributed by atoms with Crippen molar-refractivity contribution in [2.24, 2.45) is 0 Å². The van der Waals surface area contributed by atoms with Gasteiger partial charge in [0.1, 0.15) is 0 Å². The number of halogens is 1. The van der Waals surface area contributed by atoms with Gasteiger partial charge in [0, 0.05) is 17.0 Å². The minimum absolute atomic E-state index is 0.267. The van der Waals surface area contributed by atoms with E-state index in [4.69, 9.17) is 16.7 Å². The average molecular weight is 306 g/mol. The Morgan fingerprint density at radius 3 is 2.47 bits per heavy atom. The molecule has 1 atom stereocenters. The molecule has 19 heavy (non-hydrogen) atoms. The van der Waals surface area contributed by atoms with Gasteiger partial charge < -0.3 is 10.2 Å². The van der Waals surface area contributed by atoms with Crippen molar-refractivity contribution in [2.45, 2.75) is 12.5 Å². The third-order valence-electron chi connectivity index (χ3n) is 2.30. The van der Waals surface area contributed by atoms with Crippen LogP contribution in [0.2, 0.25) is 5.02 Å². The van der Waals surface area contributed by atoms with E-state index in [0.29, 0.717) is 10.6 Å². The first-order chi connectivity index (χ1) is 8.74. The largest absolute Gasteiger partial charge is 0.393 e. The Labute approximate surface area is 117 Å². The van der Waals surface area contributed by atoms with E-state index in [-0.39, 0.29) is 6.54 Å². The predicted octanol–water partition coefficient (Wildman–Crippen LogP) is 0.973. The van der Waals surface area contributed by atoms with Gasteiger partial charge in [-0.1, -0.05) is 23.7 Å². The van der Waals surface area contributed by atoms with Gasteiger partial charge in [0.15, 0.2) is 0 Å². The maximum atomic E-state index is 11.6. The van der Waals surface area contributed by atoms with Crippen LogP contribution >= 0.6 is 11.6 Å². The van der Waals surface area contributed by atoms with E-state index in [0.717, 1.165) is 5.41 Å². The van der Waals surface area contributed by atoms with Crippen molar-refractivity contribution in [3.8, 4) is 0 Å². The Bertz CT molecular complexity index is 537. The minimum atomic E-state index is -3.67. The molecule has 3 N–H and O–H groups in total. The molecule has 0 saturated carbocycles. The second-order valence-corrected chi connectivity index (χ2v) is 6.46. The van der Waals surface area contributed by atoms with E-state index in [1.807, 2.05) is 0 Å². The van der Waals surface area contributed by atoms with E-state index < -0.39 is 22.2 Å². The highest BCUT2D eigenvalue weighted by Gasteiger charge is 2.21. The highest BCUT2D eigenvalue weighted by Crippen LogP contribution is 2.11. The van der Waals surface area contributed by atoms with E-state index >= 15 is 0 Å². The fraction of sp³-hybridized carbons (Fsp3) is 0.333. The van der Waals surface area contributed by atoms with Crippen LogP contribution in [-0.4, -0.2) is 37.4 Å². The van der Waals surface area contributed by atoms with Gasteiger partial charge in [-0.3, -0.25) is 0 Å². The number of rotatable bonds is 6. The smallest absolute Gasteiger partial charge is 0.233 e. The Morgan fingerprint density at radius 2 is 1.95 bits per heavy atom. The van der Waals surface area contributed by atoms with E-state index in [1.165, 1.54) is 13.0 Å². The van der Waals surface area contributed by atoms with Gasteiger partial charge in [-0.05, 0) is 30.7 Å². The fourth-order valence-corrected chi connectivity index (χ4v) is 2.17. The maximum absolute atomic E-state index is 11.6. The fourth-order valence-electron chi connectivity index (χ4n) is 1.10. The SMILES string of the molecule is CC(O)(CO)CNS(=O)(=O)C=Cc1ccc(Cl)cc1. The number of benzene rings is 1. The number of aliphatic hydroxyl groups excluding tert-OH is 1. The molecule has 0 radical (unpaired) electrons. The van der Waals surface area contributed by atoms with Crippen molar-refractivity contribution >= 4 is 27.7 Å². The summed E-state index contributed by atoms with van der Waals surface area (Å²) in [5.41, 5.74) is -0.801. The molecule has 0 aliphatic heterocycles. The number of nitrogens with one attached hydrogen (secondary N) is 1. The standard InChI is InChI=1S/C12H16ClNO4S/c1-12(16,9-15)8-14-19(17,18)7-6-10-2-4-11(13)5-3-10/h2-7,14-16H,8-9H2,1H3. The van der Waals surface area contributed by atoms with Crippen molar-refractivity contribution in [2.75, 3.05) is 13.2 Å². The lowest BCUT2D eigenvalue weighted by Gasteiger charge is -2.19. The number of hydrogen-bond acceptors (Lipinski definition) is 4. The van der Waals surface area contributed by atoms with Crippen molar-refractivity contribution in [3.05, 3.63) is 40.3 Å². The monoisotopic (exact) mass is 305 g/mol. The van der Waals surface area contributed by atoms with Crippen LogP contribution in [0.25, 0.3) is 6.08 Å². The molecule has 7 heteroatoms. The number of sulfonamides is 1. The molecule has 1 rings (SSSR count). The molecule has 0 aromatic heterocycles. The van der Waals surface area contributed by atoms with Crippen LogP contribution in [0.15, 0.2) is 29.7 Å². The van der Waals surface area contributed by atoms with E-state index in [2.05, 4.69) is 4.72 Å². The molecular weight excluding hydrogens is 290 g/mol. The lowest BCUT2D eigenvalue weighted by molar-refractivity contribution is 0.00687. The zero-order valence-electron chi connectivity index (χ0n) is 10.4. The van der Waals surface area contributed by atoms with Crippen molar-refractivity contribution in [3.63, 3.8) is 0 Å². The lowest BCUT2D eigenvalue weighted by atomic mass is 10.1. The quantitative estimate of drug-likeness (QED) is 0.731. The summed E-state index contributed by atoms with van der Waals surface area (Å²) in [5.74, 6) is 0. The molecule has 0 fully saturated rings. The van der Waals surface area contributed by atoms with Crippen LogP contribution in [0, 0.1) is 0 Å². The minimum Gasteiger partial charge on any atom is -0.393 e. The summed E-state index contributed by atoms with van der Waals surface area (Å²) in [6.07, 6.45) is 1.41. The van der Waals surface area contributed by atoms with Gasteiger partial charge in [0.05, 0.1) is 12.2 Å². The van der Waals surface area contributed by atoms with Gasteiger partial charge in [0.2, 0.25) is 10.0 Å². The molecule has 1 unspecified atom stereocenters. The van der Waals surface area contributed by atoms with Crippen LogP contribution in [0.5, 0.6) is 0 Å². The summed E-state index contributed by atoms with van der Waals surface area (Å²) in [6, 6.07) is 6.66. The van der Waals surface area contributed by atoms with Crippen LogP contribution < -0.4 is 4.72 Å². The van der Waals surface area contributed by atoms with Crippen molar-refractivity contribution in [1.82, 2.24) is 4.72 Å². The zero-order chi connectivity index (χ0) is 14.5. The molecule has 0 saturated heterocycles. The van der Waals surface area contributed by atoms with Crippen LogP contribution in [0.3, 0.4) is 0 Å². The molecule has 0 heterocycles. The predicted molar refractivity (Wildman–Crippen MR) is 75.1 cm³/mol. The zero-order valence-corrected chi connectivity index (χ0v) is 11.9. The highest BCUT2D eigenvalue weighted by atomic mass is 35.5. The van der Waals surface area contributed by atoms with E-state index in [1.54, 1.807) is 24.3 Å². The molecular formula is C12H16ClNO4S. The first kappa shape index (κ1) is 16.1. The van der Waals surface area contributed by atoms with Gasteiger partial charge in [0.25, 0.3) is 0 Å². The third kappa shape index (κ3) is 6.17. The summed E-state index contributed by atoms with van der Waals surface area (Å²) in [7, 11) is -3.67. The van der Waals surface area contributed by atoms with E-state index in [9.17, 15) is 13.5 Å². The molecule has 0 amide bonds. The second kappa shape index (κ2) is 6.49. The molecule has 0 spiro atoms. The molecule has 0 bridgehead atoms. The molecule has 1 aromatic carbocycles. The molecule has 106 valence electrons. The van der Waals surface area contributed by atoms with Crippen LogP contribution in [0.4, 0.5) is 0 Å². The average Bonchev–Trinajstić information content (AvgIpc) is 2.36. The molecule has 0 aliphatic rings. The van der Waals surface area contributed by atoms with Crippen LogP contribution in [-0.2, 0) is 10.0 Å². The third-order valence-corrected chi connectivity index (χ3v) is 3.60. The number of aliphatic hydroxyl groups is 2. The van der Waals surface area contributed by atoms with Gasteiger partial charge in [-0.2, -0.15) is 0 Å². The molecule has 5 nitrogen and oxygen atoms in total. The van der Waals surface area contributed by atoms with Crippen LogP contribution in [0.1, 0.15) is 12.5 Å². The topological polar surface area (TPSA) is 86.6 Å². The summed E-state index contributed by atoms with van der Waals surface area (Å²) in [6.45, 7) is 0.533. The Balaban J connectivity index is 2.67. The van der Waals surface area contributed by atoms with Crippen molar-refractivity contribution < 1.29 is 18.6 Å². The summed E-state index contributed by atoms with van der Waals surface area (Å²) >= 11 is 5.71. The Hall–Kier alpha value is -0.920. The highest BCUT2D eigenvalue weighted by molar-refractivity contribution is 7.92. The van der Waals surface area contributed by atoms with Gasteiger partial charge >= 0.3 is 0 Å². The summed E-state index contributed by atoms with van der Waals surface area (Å²) < 4.78 is 25.4. The number of hydrogen-bond donors (Lipinski definition) is 3. The Kier molecular flexibility index (Phi) is 5.51. The first-order valence-corrected chi connectivity index (χ1v) is 7.43. The maximum Gasteiger partial charge on any atom is 0.233 e. The van der Waals surface area contributed by atoms with Gasteiger partial charge in [-0.25, -0.2) is 13.1 Å². The van der Waals surface area contributed by atoms with Gasteiger partial charge in [-0.15, -0.1) is 0 Å². The lowest BCUT2D eigenvalue weighted by Crippen LogP contribution is -2.42. The first-order valence-electron chi connectivity index (χ1n) is 5.51. The molecule has 1 aromatic rings. The summed E-state index contributed by atoms with van der Waals surface area (Å²) in [4.78, 5) is 0. The second-order valence-electron chi connectivity index (χ2n) is 4.38.